The number of nitrogens with one attached hydrogen (secondary N) is 2. The predicted molar refractivity (Wildman–Crippen MR) is 98.9 cm³/mol. The molecule has 0 spiro atoms. The van der Waals surface area contributed by atoms with Gasteiger partial charge in [-0.3, -0.25) is 14.4 Å². The summed E-state index contributed by atoms with van der Waals surface area (Å²) in [5, 5.41) is 22.7. The van der Waals surface area contributed by atoms with Crippen LogP contribution in [0.5, 0.6) is 5.75 Å². The maximum absolute atomic E-state index is 12.3. The monoisotopic (exact) mass is 398 g/mol. The van der Waals surface area contributed by atoms with Gasteiger partial charge in [-0.05, 0) is 24.1 Å². The molecule has 3 atom stereocenters. The molecule has 1 aromatic carbocycles. The normalized spacial score (nSPS) is 13.9. The summed E-state index contributed by atoms with van der Waals surface area (Å²) in [6.45, 7) is 0. The van der Waals surface area contributed by atoms with Crippen LogP contribution in [0.15, 0.2) is 24.3 Å². The number of thiol groups is 1. The van der Waals surface area contributed by atoms with E-state index in [-0.39, 0.29) is 17.9 Å². The third-order valence-corrected chi connectivity index (χ3v) is 3.93. The van der Waals surface area contributed by atoms with Crippen LogP contribution in [0.2, 0.25) is 0 Å². The Labute approximate surface area is 160 Å². The van der Waals surface area contributed by atoms with Crippen molar-refractivity contribution in [1.29, 1.82) is 0 Å². The Morgan fingerprint density at radius 3 is 2.07 bits per heavy atom. The molecular weight excluding hydrogens is 376 g/mol. The summed E-state index contributed by atoms with van der Waals surface area (Å²) in [5.41, 5.74) is 11.6. The van der Waals surface area contributed by atoms with Gasteiger partial charge in [0.05, 0.1) is 12.5 Å². The van der Waals surface area contributed by atoms with Gasteiger partial charge >= 0.3 is 5.97 Å². The average molecular weight is 398 g/mol. The highest BCUT2D eigenvalue weighted by molar-refractivity contribution is 7.80. The molecule has 0 aromatic heterocycles. The largest absolute Gasteiger partial charge is 0.508 e. The molecule has 27 heavy (non-hydrogen) atoms. The van der Waals surface area contributed by atoms with Crippen LogP contribution in [0, 0.1) is 0 Å². The number of amides is 3. The summed E-state index contributed by atoms with van der Waals surface area (Å²) in [7, 11) is 0. The van der Waals surface area contributed by atoms with E-state index < -0.39 is 48.2 Å². The molecule has 0 bridgehead atoms. The van der Waals surface area contributed by atoms with Crippen molar-refractivity contribution >= 4 is 36.3 Å². The maximum Gasteiger partial charge on any atom is 0.327 e. The summed E-state index contributed by atoms with van der Waals surface area (Å²) >= 11 is 3.82. The van der Waals surface area contributed by atoms with Crippen LogP contribution in [0.1, 0.15) is 12.0 Å². The quantitative estimate of drug-likeness (QED) is 0.225. The van der Waals surface area contributed by atoms with Gasteiger partial charge in [-0.1, -0.05) is 12.1 Å². The molecule has 3 unspecified atom stereocenters. The van der Waals surface area contributed by atoms with E-state index in [1.807, 2.05) is 0 Å². The van der Waals surface area contributed by atoms with Gasteiger partial charge in [0.15, 0.2) is 0 Å². The fourth-order valence-electron chi connectivity index (χ4n) is 2.13. The number of aromatic hydroxyl groups is 1. The Morgan fingerprint density at radius 1 is 1.04 bits per heavy atom. The number of nitrogens with two attached hydrogens (primary N) is 2. The molecule has 10 nitrogen and oxygen atoms in total. The van der Waals surface area contributed by atoms with Crippen molar-refractivity contribution < 1.29 is 29.4 Å². The molecule has 0 heterocycles. The lowest BCUT2D eigenvalue weighted by Crippen LogP contribution is -2.56. The Morgan fingerprint density at radius 2 is 1.59 bits per heavy atom. The second-order valence-corrected chi connectivity index (χ2v) is 6.16. The van der Waals surface area contributed by atoms with Crippen molar-refractivity contribution in [3.63, 3.8) is 0 Å². The zero-order chi connectivity index (χ0) is 20.6. The molecule has 3 amide bonds. The molecule has 1 rings (SSSR count). The molecule has 11 heteroatoms. The molecule has 0 fully saturated rings. The highest BCUT2D eigenvalue weighted by Crippen LogP contribution is 2.11. The average Bonchev–Trinajstić information content (AvgIpc) is 2.59. The number of aliphatic carboxylic acids is 1. The van der Waals surface area contributed by atoms with Crippen LogP contribution in [-0.2, 0) is 25.6 Å². The van der Waals surface area contributed by atoms with Gasteiger partial charge in [0.2, 0.25) is 17.7 Å². The number of hydrogen-bond acceptors (Lipinski definition) is 7. The number of rotatable bonds is 10. The van der Waals surface area contributed by atoms with E-state index in [2.05, 4.69) is 23.3 Å². The highest BCUT2D eigenvalue weighted by atomic mass is 32.1. The van der Waals surface area contributed by atoms with E-state index in [9.17, 15) is 24.3 Å². The van der Waals surface area contributed by atoms with E-state index in [0.29, 0.717) is 5.56 Å². The topological polar surface area (TPSA) is 185 Å². The Balaban J connectivity index is 2.77. The standard InChI is InChI=1S/C16H22N4O6S/c17-10(5-8-1-3-9(21)4-2-8)14(23)19-11(6-13(18)22)15(24)20-12(7-27)16(25)26/h1-4,10-12,21,27H,5-7,17H2,(H2,18,22)(H,19,23)(H,20,24)(H,25,26). The van der Waals surface area contributed by atoms with Crippen molar-refractivity contribution in [3.05, 3.63) is 29.8 Å². The smallest absolute Gasteiger partial charge is 0.327 e. The SMILES string of the molecule is NC(=O)CC(NC(=O)C(N)Cc1ccc(O)cc1)C(=O)NC(CS)C(=O)O. The number of carbonyl (C=O) groups is 4. The Kier molecular flexibility index (Phi) is 8.56. The number of carboxylic acid groups (broad SMARTS) is 1. The molecule has 0 saturated carbocycles. The van der Waals surface area contributed by atoms with Crippen LogP contribution in [0.3, 0.4) is 0 Å². The lowest BCUT2D eigenvalue weighted by atomic mass is 10.0. The van der Waals surface area contributed by atoms with Gasteiger partial charge in [0.25, 0.3) is 0 Å². The summed E-state index contributed by atoms with van der Waals surface area (Å²) in [4.78, 5) is 46.6. The molecule has 1 aromatic rings. The van der Waals surface area contributed by atoms with Crippen LogP contribution >= 0.6 is 12.6 Å². The van der Waals surface area contributed by atoms with Gasteiger partial charge in [0.1, 0.15) is 17.8 Å². The minimum atomic E-state index is -1.37. The van der Waals surface area contributed by atoms with E-state index in [0.717, 1.165) is 0 Å². The van der Waals surface area contributed by atoms with Gasteiger partial charge in [-0.2, -0.15) is 12.6 Å². The number of phenols is 1. The first-order chi connectivity index (χ1) is 12.6. The van der Waals surface area contributed by atoms with Crippen LogP contribution < -0.4 is 22.1 Å². The van der Waals surface area contributed by atoms with Gasteiger partial charge in [-0.25, -0.2) is 4.79 Å². The summed E-state index contributed by atoms with van der Waals surface area (Å²) in [6, 6.07) is 2.33. The molecule has 0 aliphatic carbocycles. The van der Waals surface area contributed by atoms with E-state index in [1.165, 1.54) is 12.1 Å². The van der Waals surface area contributed by atoms with E-state index in [1.54, 1.807) is 12.1 Å². The molecule has 148 valence electrons. The van der Waals surface area contributed by atoms with Gasteiger partial charge in [0, 0.05) is 5.75 Å². The summed E-state index contributed by atoms with van der Waals surface area (Å²) < 4.78 is 0. The zero-order valence-corrected chi connectivity index (χ0v) is 15.2. The maximum atomic E-state index is 12.3. The van der Waals surface area contributed by atoms with Crippen molar-refractivity contribution in [2.75, 3.05) is 5.75 Å². The first-order valence-electron chi connectivity index (χ1n) is 7.90. The lowest BCUT2D eigenvalue weighted by Gasteiger charge is -2.21. The Bertz CT molecular complexity index is 697. The van der Waals surface area contributed by atoms with Crippen molar-refractivity contribution in [2.45, 2.75) is 31.0 Å². The fourth-order valence-corrected chi connectivity index (χ4v) is 2.37. The zero-order valence-electron chi connectivity index (χ0n) is 14.3. The number of carbonyl (C=O) groups excluding carboxylic acids is 3. The molecule has 8 N–H and O–H groups in total. The first kappa shape index (κ1) is 22.3. The highest BCUT2D eigenvalue weighted by Gasteiger charge is 2.28. The minimum Gasteiger partial charge on any atom is -0.508 e. The molecule has 0 aliphatic heterocycles. The minimum absolute atomic E-state index is 0.0622. The van der Waals surface area contributed by atoms with Crippen molar-refractivity contribution in [3.8, 4) is 5.75 Å². The number of primary amides is 1. The second kappa shape index (κ2) is 10.4. The van der Waals surface area contributed by atoms with Gasteiger partial charge < -0.3 is 32.3 Å². The summed E-state index contributed by atoms with van der Waals surface area (Å²) in [5.74, 6) is -3.90. The third-order valence-electron chi connectivity index (χ3n) is 3.56. The van der Waals surface area contributed by atoms with E-state index >= 15 is 0 Å². The molecule has 0 aliphatic rings. The number of phenolic OH excluding ortho intramolecular Hbond substituents is 1. The molecule has 0 radical (unpaired) electrons. The van der Waals surface area contributed by atoms with Gasteiger partial charge in [-0.15, -0.1) is 0 Å². The molecular formula is C16H22N4O6S. The van der Waals surface area contributed by atoms with E-state index in [4.69, 9.17) is 16.6 Å². The number of hydrogen-bond donors (Lipinski definition) is 7. The fraction of sp³-hybridized carbons (Fsp3) is 0.375. The van der Waals surface area contributed by atoms with Crippen LogP contribution in [0.4, 0.5) is 0 Å². The second-order valence-electron chi connectivity index (χ2n) is 5.79. The van der Waals surface area contributed by atoms with Crippen LogP contribution in [0.25, 0.3) is 0 Å². The lowest BCUT2D eigenvalue weighted by molar-refractivity contribution is -0.141. The predicted octanol–water partition coefficient (Wildman–Crippen LogP) is -1.88. The Hall–Kier alpha value is -2.79. The number of benzene rings is 1. The number of carboxylic acids is 1. The van der Waals surface area contributed by atoms with Crippen molar-refractivity contribution in [2.24, 2.45) is 11.5 Å². The third kappa shape index (κ3) is 7.54. The van der Waals surface area contributed by atoms with Crippen molar-refractivity contribution in [1.82, 2.24) is 10.6 Å². The van der Waals surface area contributed by atoms with Crippen LogP contribution in [-0.4, -0.2) is 57.8 Å². The first-order valence-corrected chi connectivity index (χ1v) is 8.53. The molecule has 0 saturated heterocycles. The summed E-state index contributed by atoms with van der Waals surface area (Å²) in [6.07, 6.45) is -0.409.